The molecule has 0 saturated carbocycles. The Kier molecular flexibility index (Phi) is 11.6. The molecule has 0 fully saturated rings. The van der Waals surface area contributed by atoms with Gasteiger partial charge in [0.15, 0.2) is 0 Å². The number of carbonyl (C=O) groups excluding carboxylic acids is 1. The highest BCUT2D eigenvalue weighted by Crippen LogP contribution is 1.78. The Morgan fingerprint density at radius 2 is 1.92 bits per heavy atom. The quantitative estimate of drug-likeness (QED) is 0.517. The summed E-state index contributed by atoms with van der Waals surface area (Å²) in [6, 6.07) is 0. The van der Waals surface area contributed by atoms with Gasteiger partial charge in [0.25, 0.3) is 0 Å². The van der Waals surface area contributed by atoms with Crippen molar-refractivity contribution in [3.05, 3.63) is 12.2 Å². The maximum Gasteiger partial charge on any atom is 0.243 e. The molecule has 3 heteroatoms. The van der Waals surface area contributed by atoms with Crippen molar-refractivity contribution in [3.63, 3.8) is 0 Å². The number of amides is 1. The second kappa shape index (κ2) is 10.2. The molecule has 0 aliphatic rings. The summed E-state index contributed by atoms with van der Waals surface area (Å²) in [6.45, 7) is 10.7. The second-order valence-corrected chi connectivity index (χ2v) is 2.34. The SMILES string of the molecule is C=C(C)C(N)=O.CCCOCC. The molecule has 3 nitrogen and oxygen atoms in total. The third-order valence-corrected chi connectivity index (χ3v) is 0.973. The van der Waals surface area contributed by atoms with Gasteiger partial charge in [-0.15, -0.1) is 0 Å². The number of carbonyl (C=O) groups is 1. The Hall–Kier alpha value is -0.830. The summed E-state index contributed by atoms with van der Waals surface area (Å²) in [5.41, 5.74) is 5.09. The minimum Gasteiger partial charge on any atom is -0.382 e. The van der Waals surface area contributed by atoms with Crippen molar-refractivity contribution in [2.45, 2.75) is 27.2 Å². The molecule has 0 unspecified atom stereocenters. The summed E-state index contributed by atoms with van der Waals surface area (Å²) in [6.07, 6.45) is 1.13. The monoisotopic (exact) mass is 173 g/mol. The van der Waals surface area contributed by atoms with E-state index in [0.717, 1.165) is 19.6 Å². The van der Waals surface area contributed by atoms with Gasteiger partial charge in [-0.05, 0) is 20.3 Å². The number of primary amides is 1. The van der Waals surface area contributed by atoms with E-state index in [1.807, 2.05) is 6.92 Å². The van der Waals surface area contributed by atoms with Gasteiger partial charge < -0.3 is 10.5 Å². The zero-order valence-corrected chi connectivity index (χ0v) is 8.22. The molecule has 72 valence electrons. The van der Waals surface area contributed by atoms with Crippen LogP contribution in [0.2, 0.25) is 0 Å². The van der Waals surface area contributed by atoms with E-state index in [9.17, 15) is 4.79 Å². The highest BCUT2D eigenvalue weighted by molar-refractivity contribution is 5.90. The predicted molar refractivity (Wildman–Crippen MR) is 50.8 cm³/mol. The van der Waals surface area contributed by atoms with E-state index < -0.39 is 5.91 Å². The minimum absolute atomic E-state index is 0.398. The zero-order valence-electron chi connectivity index (χ0n) is 8.22. The fraction of sp³-hybridized carbons (Fsp3) is 0.667. The van der Waals surface area contributed by atoms with Gasteiger partial charge in [0.1, 0.15) is 0 Å². The average molecular weight is 173 g/mol. The summed E-state index contributed by atoms with van der Waals surface area (Å²) in [4.78, 5) is 9.82. The summed E-state index contributed by atoms with van der Waals surface area (Å²) < 4.78 is 4.98. The highest BCUT2D eigenvalue weighted by Gasteiger charge is 1.86. The van der Waals surface area contributed by atoms with E-state index in [1.54, 1.807) is 6.92 Å². The minimum atomic E-state index is -0.435. The maximum atomic E-state index is 9.82. The van der Waals surface area contributed by atoms with Gasteiger partial charge in [-0.1, -0.05) is 13.5 Å². The van der Waals surface area contributed by atoms with Crippen LogP contribution in [-0.2, 0) is 9.53 Å². The van der Waals surface area contributed by atoms with Crippen LogP contribution in [0.4, 0.5) is 0 Å². The lowest BCUT2D eigenvalue weighted by atomic mass is 10.3. The Balaban J connectivity index is 0. The van der Waals surface area contributed by atoms with Gasteiger partial charge in [-0.25, -0.2) is 0 Å². The molecule has 0 aromatic carbocycles. The van der Waals surface area contributed by atoms with Gasteiger partial charge in [0.2, 0.25) is 5.91 Å². The Bertz CT molecular complexity index is 116. The first-order valence-corrected chi connectivity index (χ1v) is 4.09. The van der Waals surface area contributed by atoms with Crippen LogP contribution in [0.25, 0.3) is 0 Å². The van der Waals surface area contributed by atoms with E-state index in [2.05, 4.69) is 13.5 Å². The number of hydrogen-bond acceptors (Lipinski definition) is 2. The average Bonchev–Trinajstić information content (AvgIpc) is 2.02. The number of hydrogen-bond donors (Lipinski definition) is 1. The van der Waals surface area contributed by atoms with Gasteiger partial charge in [-0.2, -0.15) is 0 Å². The standard InChI is InChI=1S/C5H12O.C4H7NO/c1-3-5-6-4-2;1-3(2)4(5)6/h3-5H2,1-2H3;1H2,2H3,(H2,5,6). The highest BCUT2D eigenvalue weighted by atomic mass is 16.5. The number of ether oxygens (including phenoxy) is 1. The second-order valence-electron chi connectivity index (χ2n) is 2.34. The lowest BCUT2D eigenvalue weighted by Crippen LogP contribution is -2.10. The summed E-state index contributed by atoms with van der Waals surface area (Å²) in [5.74, 6) is -0.435. The predicted octanol–water partition coefficient (Wildman–Crippen LogP) is 1.48. The van der Waals surface area contributed by atoms with Gasteiger partial charge >= 0.3 is 0 Å². The molecule has 1 amide bonds. The molecule has 0 heterocycles. The zero-order chi connectivity index (χ0) is 9.98. The summed E-state index contributed by atoms with van der Waals surface area (Å²) in [5, 5.41) is 0. The molecule has 0 aliphatic carbocycles. The molecule has 0 aromatic rings. The van der Waals surface area contributed by atoms with E-state index >= 15 is 0 Å². The van der Waals surface area contributed by atoms with Crippen molar-refractivity contribution in [2.24, 2.45) is 5.73 Å². The fourth-order valence-corrected chi connectivity index (χ4v) is 0.289. The van der Waals surface area contributed by atoms with Gasteiger partial charge in [-0.3, -0.25) is 4.79 Å². The normalized spacial score (nSPS) is 8.25. The molecular formula is C9H19NO2. The molecule has 0 atom stereocenters. The molecule has 0 bridgehead atoms. The van der Waals surface area contributed by atoms with Gasteiger partial charge in [0, 0.05) is 18.8 Å². The van der Waals surface area contributed by atoms with Crippen LogP contribution < -0.4 is 5.73 Å². The Morgan fingerprint density at radius 1 is 1.50 bits per heavy atom. The van der Waals surface area contributed by atoms with E-state index in [1.165, 1.54) is 0 Å². The topological polar surface area (TPSA) is 52.3 Å². The maximum absolute atomic E-state index is 9.82. The van der Waals surface area contributed by atoms with Crippen molar-refractivity contribution < 1.29 is 9.53 Å². The molecule has 0 aromatic heterocycles. The molecule has 0 rings (SSSR count). The van der Waals surface area contributed by atoms with Crippen LogP contribution in [0.5, 0.6) is 0 Å². The number of nitrogens with two attached hydrogens (primary N) is 1. The lowest BCUT2D eigenvalue weighted by Gasteiger charge is -1.91. The van der Waals surface area contributed by atoms with Crippen LogP contribution in [0.3, 0.4) is 0 Å². The summed E-state index contributed by atoms with van der Waals surface area (Å²) >= 11 is 0. The third-order valence-electron chi connectivity index (χ3n) is 0.973. The largest absolute Gasteiger partial charge is 0.382 e. The molecule has 0 saturated heterocycles. The van der Waals surface area contributed by atoms with E-state index in [4.69, 9.17) is 10.5 Å². The van der Waals surface area contributed by atoms with Crippen LogP contribution in [0.1, 0.15) is 27.2 Å². The Labute approximate surface area is 74.6 Å². The van der Waals surface area contributed by atoms with Crippen molar-refractivity contribution in [1.82, 2.24) is 0 Å². The molecule has 0 aliphatic heterocycles. The molecule has 2 N–H and O–H groups in total. The van der Waals surface area contributed by atoms with E-state index in [0.29, 0.717) is 5.57 Å². The fourth-order valence-electron chi connectivity index (χ4n) is 0.289. The van der Waals surface area contributed by atoms with E-state index in [-0.39, 0.29) is 0 Å². The van der Waals surface area contributed by atoms with Crippen LogP contribution in [-0.4, -0.2) is 19.1 Å². The first-order chi connectivity index (χ1) is 5.56. The first kappa shape index (κ1) is 13.7. The van der Waals surface area contributed by atoms with Crippen molar-refractivity contribution in [2.75, 3.05) is 13.2 Å². The Morgan fingerprint density at radius 3 is 2.00 bits per heavy atom. The van der Waals surface area contributed by atoms with Gasteiger partial charge in [0.05, 0.1) is 0 Å². The smallest absolute Gasteiger partial charge is 0.243 e. The van der Waals surface area contributed by atoms with Crippen LogP contribution in [0, 0.1) is 0 Å². The van der Waals surface area contributed by atoms with Crippen molar-refractivity contribution in [3.8, 4) is 0 Å². The van der Waals surface area contributed by atoms with Crippen LogP contribution in [0.15, 0.2) is 12.2 Å². The third kappa shape index (κ3) is 16.1. The summed E-state index contributed by atoms with van der Waals surface area (Å²) in [7, 11) is 0. The first-order valence-electron chi connectivity index (χ1n) is 4.09. The lowest BCUT2D eigenvalue weighted by molar-refractivity contribution is -0.114. The molecular weight excluding hydrogens is 154 g/mol. The number of rotatable bonds is 4. The molecule has 0 radical (unpaired) electrons. The van der Waals surface area contributed by atoms with Crippen molar-refractivity contribution in [1.29, 1.82) is 0 Å². The molecule has 0 spiro atoms. The van der Waals surface area contributed by atoms with Crippen molar-refractivity contribution >= 4 is 5.91 Å². The van der Waals surface area contributed by atoms with Crippen LogP contribution >= 0.6 is 0 Å². The molecule has 12 heavy (non-hydrogen) atoms.